The summed E-state index contributed by atoms with van der Waals surface area (Å²) in [6.07, 6.45) is 4.56. The highest BCUT2D eigenvalue weighted by atomic mass is 35.5. The van der Waals surface area contributed by atoms with Gasteiger partial charge < -0.3 is 5.73 Å². The van der Waals surface area contributed by atoms with Crippen molar-refractivity contribution in [3.05, 3.63) is 46.7 Å². The van der Waals surface area contributed by atoms with Crippen molar-refractivity contribution in [2.75, 3.05) is 6.54 Å². The quantitative estimate of drug-likeness (QED) is 0.888. The van der Waals surface area contributed by atoms with Crippen LogP contribution in [0.1, 0.15) is 11.1 Å². The van der Waals surface area contributed by atoms with Gasteiger partial charge >= 0.3 is 0 Å². The molecule has 1 aromatic carbocycles. The lowest BCUT2D eigenvalue weighted by molar-refractivity contribution is 0.850. The molecule has 1 heterocycles. The van der Waals surface area contributed by atoms with Crippen molar-refractivity contribution >= 4 is 11.6 Å². The van der Waals surface area contributed by atoms with Crippen LogP contribution in [0.4, 0.5) is 0 Å². The SMILES string of the molecule is Cc1cnn(-c2cccc(Cl)c2CCN)c1. The average Bonchev–Trinajstić information content (AvgIpc) is 2.68. The van der Waals surface area contributed by atoms with E-state index in [-0.39, 0.29) is 0 Å². The second kappa shape index (κ2) is 4.68. The Hall–Kier alpha value is -1.32. The first-order chi connectivity index (χ1) is 7.72. The van der Waals surface area contributed by atoms with Gasteiger partial charge in [0.25, 0.3) is 0 Å². The summed E-state index contributed by atoms with van der Waals surface area (Å²) in [5.74, 6) is 0. The molecule has 2 rings (SSSR count). The molecule has 0 amide bonds. The summed E-state index contributed by atoms with van der Waals surface area (Å²) in [5, 5.41) is 5.03. The number of hydrogen-bond acceptors (Lipinski definition) is 2. The lowest BCUT2D eigenvalue weighted by Crippen LogP contribution is -2.07. The van der Waals surface area contributed by atoms with Gasteiger partial charge in [-0.3, -0.25) is 0 Å². The Morgan fingerprint density at radius 3 is 2.88 bits per heavy atom. The van der Waals surface area contributed by atoms with Gasteiger partial charge in [0, 0.05) is 11.2 Å². The van der Waals surface area contributed by atoms with Crippen molar-refractivity contribution < 1.29 is 0 Å². The molecule has 84 valence electrons. The first-order valence-electron chi connectivity index (χ1n) is 5.21. The van der Waals surface area contributed by atoms with Crippen LogP contribution < -0.4 is 5.73 Å². The second-order valence-corrected chi connectivity index (χ2v) is 4.15. The minimum Gasteiger partial charge on any atom is -0.330 e. The summed E-state index contributed by atoms with van der Waals surface area (Å²) in [4.78, 5) is 0. The van der Waals surface area contributed by atoms with Crippen molar-refractivity contribution in [3.8, 4) is 5.69 Å². The van der Waals surface area contributed by atoms with E-state index in [0.29, 0.717) is 6.54 Å². The fourth-order valence-corrected chi connectivity index (χ4v) is 1.96. The minimum atomic E-state index is 0.580. The maximum absolute atomic E-state index is 6.17. The zero-order chi connectivity index (χ0) is 11.5. The lowest BCUT2D eigenvalue weighted by Gasteiger charge is -2.10. The van der Waals surface area contributed by atoms with Crippen LogP contribution in [0.2, 0.25) is 5.02 Å². The molecule has 1 aromatic heterocycles. The molecule has 0 aliphatic rings. The third-order valence-corrected chi connectivity index (χ3v) is 2.80. The van der Waals surface area contributed by atoms with Gasteiger partial charge in [-0.15, -0.1) is 0 Å². The highest BCUT2D eigenvalue weighted by molar-refractivity contribution is 6.31. The normalized spacial score (nSPS) is 10.7. The van der Waals surface area contributed by atoms with E-state index in [1.165, 1.54) is 0 Å². The summed E-state index contributed by atoms with van der Waals surface area (Å²) in [5.41, 5.74) is 8.77. The van der Waals surface area contributed by atoms with E-state index in [0.717, 1.165) is 28.3 Å². The van der Waals surface area contributed by atoms with Crippen LogP contribution in [0.3, 0.4) is 0 Å². The molecule has 0 spiro atoms. The Morgan fingerprint density at radius 2 is 2.25 bits per heavy atom. The van der Waals surface area contributed by atoms with Crippen LogP contribution in [-0.4, -0.2) is 16.3 Å². The van der Waals surface area contributed by atoms with Crippen LogP contribution in [0.5, 0.6) is 0 Å². The molecule has 0 atom stereocenters. The number of nitrogens with two attached hydrogens (primary N) is 1. The largest absolute Gasteiger partial charge is 0.330 e. The van der Waals surface area contributed by atoms with E-state index < -0.39 is 0 Å². The third-order valence-electron chi connectivity index (χ3n) is 2.45. The van der Waals surface area contributed by atoms with Gasteiger partial charge in [-0.25, -0.2) is 4.68 Å². The number of rotatable bonds is 3. The molecule has 0 unspecified atom stereocenters. The van der Waals surface area contributed by atoms with Crippen molar-refractivity contribution in [3.63, 3.8) is 0 Å². The van der Waals surface area contributed by atoms with Crippen LogP contribution in [0, 0.1) is 6.92 Å². The van der Waals surface area contributed by atoms with Gasteiger partial charge in [-0.2, -0.15) is 5.10 Å². The van der Waals surface area contributed by atoms with Crippen LogP contribution in [-0.2, 0) is 6.42 Å². The molecular formula is C12H14ClN3. The number of halogens is 1. The van der Waals surface area contributed by atoms with Crippen molar-refractivity contribution in [2.24, 2.45) is 5.73 Å². The Morgan fingerprint density at radius 1 is 1.44 bits per heavy atom. The predicted molar refractivity (Wildman–Crippen MR) is 66.1 cm³/mol. The molecule has 0 aliphatic carbocycles. The van der Waals surface area contributed by atoms with E-state index in [1.807, 2.05) is 42.2 Å². The van der Waals surface area contributed by atoms with E-state index in [4.69, 9.17) is 17.3 Å². The monoisotopic (exact) mass is 235 g/mol. The average molecular weight is 236 g/mol. The van der Waals surface area contributed by atoms with Gasteiger partial charge in [0.1, 0.15) is 0 Å². The molecule has 3 nitrogen and oxygen atoms in total. The molecule has 0 fully saturated rings. The number of aryl methyl sites for hydroxylation is 1. The smallest absolute Gasteiger partial charge is 0.0692 e. The molecule has 0 radical (unpaired) electrons. The zero-order valence-electron chi connectivity index (χ0n) is 9.15. The van der Waals surface area contributed by atoms with Gasteiger partial charge in [-0.05, 0) is 43.1 Å². The van der Waals surface area contributed by atoms with Crippen molar-refractivity contribution in [1.29, 1.82) is 0 Å². The number of aromatic nitrogens is 2. The minimum absolute atomic E-state index is 0.580. The first kappa shape index (κ1) is 11.2. The summed E-state index contributed by atoms with van der Waals surface area (Å²) < 4.78 is 1.84. The van der Waals surface area contributed by atoms with Gasteiger partial charge in [-0.1, -0.05) is 17.7 Å². The Kier molecular flexibility index (Phi) is 3.27. The van der Waals surface area contributed by atoms with Gasteiger partial charge in [0.2, 0.25) is 0 Å². The number of benzene rings is 1. The Balaban J connectivity index is 2.51. The molecule has 0 saturated carbocycles. The van der Waals surface area contributed by atoms with Crippen molar-refractivity contribution in [2.45, 2.75) is 13.3 Å². The molecule has 2 aromatic rings. The zero-order valence-corrected chi connectivity index (χ0v) is 9.91. The number of nitrogens with zero attached hydrogens (tertiary/aromatic N) is 2. The number of hydrogen-bond donors (Lipinski definition) is 1. The van der Waals surface area contributed by atoms with Crippen LogP contribution >= 0.6 is 11.6 Å². The van der Waals surface area contributed by atoms with E-state index in [1.54, 1.807) is 0 Å². The maximum atomic E-state index is 6.17. The Labute approximate surface area is 99.8 Å². The molecule has 0 aliphatic heterocycles. The van der Waals surface area contributed by atoms with Gasteiger partial charge in [0.15, 0.2) is 0 Å². The first-order valence-corrected chi connectivity index (χ1v) is 5.59. The van der Waals surface area contributed by atoms with Crippen molar-refractivity contribution in [1.82, 2.24) is 9.78 Å². The molecule has 2 N–H and O–H groups in total. The molecule has 4 heteroatoms. The fourth-order valence-electron chi connectivity index (χ4n) is 1.70. The third kappa shape index (κ3) is 2.10. The van der Waals surface area contributed by atoms with Crippen LogP contribution in [0.15, 0.2) is 30.6 Å². The standard InChI is InChI=1S/C12H14ClN3/c1-9-7-15-16(8-9)12-4-2-3-11(13)10(12)5-6-14/h2-4,7-8H,5-6,14H2,1H3. The van der Waals surface area contributed by atoms with Gasteiger partial charge in [0.05, 0.1) is 11.9 Å². The summed E-state index contributed by atoms with van der Waals surface area (Å²) >= 11 is 6.17. The molecule has 16 heavy (non-hydrogen) atoms. The lowest BCUT2D eigenvalue weighted by atomic mass is 10.1. The predicted octanol–water partition coefficient (Wildman–Crippen LogP) is 2.34. The van der Waals surface area contributed by atoms with Crippen LogP contribution in [0.25, 0.3) is 5.69 Å². The molecule has 0 saturated heterocycles. The van der Waals surface area contributed by atoms with E-state index in [9.17, 15) is 0 Å². The Bertz CT molecular complexity index is 491. The summed E-state index contributed by atoms with van der Waals surface area (Å²) in [7, 11) is 0. The van der Waals surface area contributed by atoms with E-state index in [2.05, 4.69) is 5.10 Å². The molecular weight excluding hydrogens is 222 g/mol. The summed E-state index contributed by atoms with van der Waals surface area (Å²) in [6, 6.07) is 5.81. The highest BCUT2D eigenvalue weighted by Gasteiger charge is 2.08. The highest BCUT2D eigenvalue weighted by Crippen LogP contribution is 2.23. The maximum Gasteiger partial charge on any atom is 0.0692 e. The van der Waals surface area contributed by atoms with E-state index >= 15 is 0 Å². The second-order valence-electron chi connectivity index (χ2n) is 3.74. The fraction of sp³-hybridized carbons (Fsp3) is 0.250. The summed E-state index contributed by atoms with van der Waals surface area (Å²) in [6.45, 7) is 2.59. The topological polar surface area (TPSA) is 43.8 Å². The molecule has 0 bridgehead atoms.